The van der Waals surface area contributed by atoms with Crippen molar-refractivity contribution >= 4 is 7.82 Å². The van der Waals surface area contributed by atoms with E-state index in [1.54, 1.807) is 0 Å². The highest BCUT2D eigenvalue weighted by Gasteiger charge is 2.38. The zero-order valence-electron chi connectivity index (χ0n) is 16.2. The fraction of sp³-hybridized carbons (Fsp3) is 0.455. The van der Waals surface area contributed by atoms with E-state index in [0.717, 1.165) is 19.3 Å². The molecule has 1 fully saturated rings. The minimum absolute atomic E-state index is 0.104. The molecule has 2 aromatic rings. The van der Waals surface area contributed by atoms with Gasteiger partial charge in [0.2, 0.25) is 0 Å². The number of benzene rings is 2. The van der Waals surface area contributed by atoms with Gasteiger partial charge in [0.1, 0.15) is 0 Å². The summed E-state index contributed by atoms with van der Waals surface area (Å²) < 4.78 is 15.6. The summed E-state index contributed by atoms with van der Waals surface area (Å²) in [4.78, 5) is 17.8. The quantitative estimate of drug-likeness (QED) is 0.428. The van der Waals surface area contributed by atoms with E-state index in [9.17, 15) is 4.57 Å². The topological polar surface area (TPSA) is 92.8 Å². The van der Waals surface area contributed by atoms with Gasteiger partial charge in [-0.1, -0.05) is 54.6 Å². The maximum absolute atomic E-state index is 10.9. The van der Waals surface area contributed by atoms with Crippen LogP contribution in [0.2, 0.25) is 0 Å². The highest BCUT2D eigenvalue weighted by atomic mass is 31.2. The predicted octanol–water partition coefficient (Wildman–Crippen LogP) is 4.33. The van der Waals surface area contributed by atoms with Crippen LogP contribution >= 0.6 is 7.82 Å². The molecule has 152 valence electrons. The lowest BCUT2D eigenvalue weighted by Gasteiger charge is -2.24. The number of aryl methyl sites for hydroxylation is 2. The lowest BCUT2D eigenvalue weighted by molar-refractivity contribution is 0.153. The zero-order chi connectivity index (χ0) is 20.0. The van der Waals surface area contributed by atoms with Crippen LogP contribution in [-0.2, 0) is 21.9 Å². The van der Waals surface area contributed by atoms with Crippen molar-refractivity contribution in [2.24, 2.45) is 5.73 Å². The van der Waals surface area contributed by atoms with E-state index in [0.29, 0.717) is 18.8 Å². The SMILES string of the molecule is N[C@@]1(COP(=O)(O)O)CC[C@H](c2ccc(CCCCc3ccccc3)cc2)C1. The standard InChI is InChI=1S/C22H30NO4P/c23-22(17-27-28(24,25)26)15-14-21(16-22)20-12-10-19(11-13-20)9-5-4-8-18-6-2-1-3-7-18/h1-3,6-7,10-13,21H,4-5,8-9,14-17,23H2,(H2,24,25,26)/t21-,22-/m0/s1. The van der Waals surface area contributed by atoms with Gasteiger partial charge in [0.05, 0.1) is 6.61 Å². The second-order valence-corrected chi connectivity index (χ2v) is 9.24. The summed E-state index contributed by atoms with van der Waals surface area (Å²) in [5.41, 5.74) is 9.61. The fourth-order valence-electron chi connectivity index (χ4n) is 4.04. The fourth-order valence-corrected chi connectivity index (χ4v) is 4.47. The Morgan fingerprint density at radius 1 is 1.00 bits per heavy atom. The number of nitrogens with two attached hydrogens (primary N) is 1. The van der Waals surface area contributed by atoms with Gasteiger partial charge in [0, 0.05) is 5.54 Å². The van der Waals surface area contributed by atoms with Gasteiger partial charge in [-0.2, -0.15) is 0 Å². The third kappa shape index (κ3) is 6.54. The molecule has 2 aromatic carbocycles. The van der Waals surface area contributed by atoms with E-state index in [2.05, 4.69) is 59.1 Å². The Bertz CT molecular complexity index is 790. The molecule has 2 atom stereocenters. The zero-order valence-corrected chi connectivity index (χ0v) is 17.1. The van der Waals surface area contributed by atoms with Crippen LogP contribution in [0.1, 0.15) is 54.7 Å². The molecule has 0 unspecified atom stereocenters. The summed E-state index contributed by atoms with van der Waals surface area (Å²) in [6.07, 6.45) is 6.86. The molecule has 1 saturated carbocycles. The molecular weight excluding hydrogens is 373 g/mol. The molecule has 0 amide bonds. The van der Waals surface area contributed by atoms with Crippen LogP contribution in [0.25, 0.3) is 0 Å². The minimum Gasteiger partial charge on any atom is -0.323 e. The molecule has 6 heteroatoms. The predicted molar refractivity (Wildman–Crippen MR) is 111 cm³/mol. The van der Waals surface area contributed by atoms with Crippen LogP contribution in [0.4, 0.5) is 0 Å². The van der Waals surface area contributed by atoms with Crippen LogP contribution in [0.5, 0.6) is 0 Å². The molecule has 0 aromatic heterocycles. The minimum atomic E-state index is -4.47. The molecule has 3 rings (SSSR count). The molecule has 0 bridgehead atoms. The molecule has 4 N–H and O–H groups in total. The normalized spacial score (nSPS) is 22.5. The number of hydrogen-bond donors (Lipinski definition) is 3. The van der Waals surface area contributed by atoms with E-state index in [4.69, 9.17) is 15.5 Å². The first-order chi connectivity index (χ1) is 13.3. The molecule has 5 nitrogen and oxygen atoms in total. The van der Waals surface area contributed by atoms with Crippen LogP contribution in [-0.4, -0.2) is 21.9 Å². The van der Waals surface area contributed by atoms with Crippen LogP contribution < -0.4 is 5.73 Å². The Morgan fingerprint density at radius 2 is 1.61 bits per heavy atom. The third-order valence-electron chi connectivity index (χ3n) is 5.64. The second kappa shape index (κ2) is 9.34. The summed E-state index contributed by atoms with van der Waals surface area (Å²) in [6, 6.07) is 19.3. The summed E-state index contributed by atoms with van der Waals surface area (Å²) in [5.74, 6) is 0.317. The van der Waals surface area contributed by atoms with Gasteiger partial charge >= 0.3 is 7.82 Å². The highest BCUT2D eigenvalue weighted by molar-refractivity contribution is 7.46. The van der Waals surface area contributed by atoms with Gasteiger partial charge in [-0.3, -0.25) is 4.52 Å². The molecule has 0 spiro atoms. The number of phosphoric ester groups is 1. The second-order valence-electron chi connectivity index (χ2n) is 8.00. The first-order valence-corrected chi connectivity index (χ1v) is 11.5. The van der Waals surface area contributed by atoms with Crippen molar-refractivity contribution in [3.8, 4) is 0 Å². The monoisotopic (exact) mass is 403 g/mol. The Morgan fingerprint density at radius 3 is 2.21 bits per heavy atom. The molecule has 0 radical (unpaired) electrons. The number of rotatable bonds is 9. The molecular formula is C22H30NO4P. The molecule has 0 aliphatic heterocycles. The largest absolute Gasteiger partial charge is 0.469 e. The summed E-state index contributed by atoms with van der Waals surface area (Å²) in [5, 5.41) is 0. The van der Waals surface area contributed by atoms with E-state index in [1.807, 2.05) is 0 Å². The van der Waals surface area contributed by atoms with Crippen molar-refractivity contribution < 1.29 is 18.9 Å². The third-order valence-corrected chi connectivity index (χ3v) is 6.10. The lowest BCUT2D eigenvalue weighted by Crippen LogP contribution is -2.41. The van der Waals surface area contributed by atoms with E-state index < -0.39 is 13.4 Å². The molecule has 0 heterocycles. The summed E-state index contributed by atoms with van der Waals surface area (Å²) in [6.45, 7) is -0.104. The Hall–Kier alpha value is -1.49. The van der Waals surface area contributed by atoms with Crippen molar-refractivity contribution in [3.05, 3.63) is 71.3 Å². The van der Waals surface area contributed by atoms with Gasteiger partial charge in [0.15, 0.2) is 0 Å². The molecule has 1 aliphatic carbocycles. The van der Waals surface area contributed by atoms with Crippen molar-refractivity contribution in [1.29, 1.82) is 0 Å². The number of unbranched alkanes of at least 4 members (excludes halogenated alkanes) is 1. The first-order valence-electron chi connectivity index (χ1n) is 9.95. The van der Waals surface area contributed by atoms with Gasteiger partial charge < -0.3 is 15.5 Å². The van der Waals surface area contributed by atoms with Crippen molar-refractivity contribution in [2.75, 3.05) is 6.61 Å². The Kier molecular flexibility index (Phi) is 7.08. The van der Waals surface area contributed by atoms with Gasteiger partial charge in [-0.05, 0) is 67.6 Å². The maximum Gasteiger partial charge on any atom is 0.469 e. The summed E-state index contributed by atoms with van der Waals surface area (Å²) >= 11 is 0. The van der Waals surface area contributed by atoms with E-state index >= 15 is 0 Å². The highest BCUT2D eigenvalue weighted by Crippen LogP contribution is 2.43. The van der Waals surface area contributed by atoms with E-state index in [-0.39, 0.29) is 6.61 Å². The number of phosphoric acid groups is 1. The molecule has 1 aliphatic rings. The molecule has 0 saturated heterocycles. The van der Waals surface area contributed by atoms with Gasteiger partial charge in [-0.25, -0.2) is 4.57 Å². The Balaban J connectivity index is 1.44. The Labute approximate surface area is 167 Å². The van der Waals surface area contributed by atoms with Crippen LogP contribution in [0.3, 0.4) is 0 Å². The number of hydrogen-bond acceptors (Lipinski definition) is 3. The van der Waals surface area contributed by atoms with E-state index in [1.165, 1.54) is 29.5 Å². The van der Waals surface area contributed by atoms with Gasteiger partial charge in [-0.15, -0.1) is 0 Å². The van der Waals surface area contributed by atoms with Crippen LogP contribution in [0, 0.1) is 0 Å². The first kappa shape index (κ1) is 21.2. The van der Waals surface area contributed by atoms with Crippen molar-refractivity contribution in [3.63, 3.8) is 0 Å². The molecule has 28 heavy (non-hydrogen) atoms. The summed E-state index contributed by atoms with van der Waals surface area (Å²) in [7, 11) is -4.47. The van der Waals surface area contributed by atoms with Crippen molar-refractivity contribution in [1.82, 2.24) is 0 Å². The average Bonchev–Trinajstić information content (AvgIpc) is 3.07. The van der Waals surface area contributed by atoms with Crippen LogP contribution in [0.15, 0.2) is 54.6 Å². The van der Waals surface area contributed by atoms with Gasteiger partial charge in [0.25, 0.3) is 0 Å². The van der Waals surface area contributed by atoms with Crippen molar-refractivity contribution in [2.45, 2.75) is 56.4 Å². The smallest absolute Gasteiger partial charge is 0.323 e. The maximum atomic E-state index is 10.9. The average molecular weight is 403 g/mol. The lowest BCUT2D eigenvalue weighted by atomic mass is 9.92.